The summed E-state index contributed by atoms with van der Waals surface area (Å²) in [6, 6.07) is 12.4. The van der Waals surface area contributed by atoms with Crippen LogP contribution < -0.4 is 15.5 Å². The molecule has 2 aromatic carbocycles. The highest BCUT2D eigenvalue weighted by atomic mass is 16.2. The minimum absolute atomic E-state index is 0.0346. The summed E-state index contributed by atoms with van der Waals surface area (Å²) < 4.78 is 0. The van der Waals surface area contributed by atoms with Crippen molar-refractivity contribution in [2.45, 2.75) is 26.3 Å². The molecule has 0 spiro atoms. The Hall–Kier alpha value is -2.90. The summed E-state index contributed by atoms with van der Waals surface area (Å²) in [5.74, 6) is -1.23. The van der Waals surface area contributed by atoms with Crippen molar-refractivity contribution in [2.24, 2.45) is 0 Å². The Morgan fingerprint density at radius 2 is 1.73 bits per heavy atom. The van der Waals surface area contributed by atoms with Crippen molar-refractivity contribution in [3.8, 4) is 0 Å². The first-order chi connectivity index (χ1) is 15.8. The number of aryl methyl sites for hydroxylation is 1. The first-order valence-electron chi connectivity index (χ1n) is 11.8. The Balaban J connectivity index is 1.47. The molecule has 2 aliphatic heterocycles. The van der Waals surface area contributed by atoms with Crippen molar-refractivity contribution in [3.05, 3.63) is 58.7 Å². The number of amides is 2. The molecular formula is C26H35N5O2. The quantitative estimate of drug-likeness (QED) is 0.686. The molecule has 0 aromatic heterocycles. The van der Waals surface area contributed by atoms with Crippen LogP contribution in [0.5, 0.6) is 0 Å². The van der Waals surface area contributed by atoms with E-state index in [0.717, 1.165) is 50.3 Å². The molecule has 2 N–H and O–H groups in total. The lowest BCUT2D eigenvalue weighted by molar-refractivity contribution is -0.136. The number of carbonyl (C=O) groups is 2. The third-order valence-electron chi connectivity index (χ3n) is 7.11. The lowest BCUT2D eigenvalue weighted by Gasteiger charge is -2.38. The fourth-order valence-electron chi connectivity index (χ4n) is 4.72. The average molecular weight is 450 g/mol. The van der Waals surface area contributed by atoms with Gasteiger partial charge >= 0.3 is 11.8 Å². The minimum atomic E-state index is -0.628. The van der Waals surface area contributed by atoms with Gasteiger partial charge in [-0.05, 0) is 61.7 Å². The highest BCUT2D eigenvalue weighted by Crippen LogP contribution is 2.31. The normalized spacial score (nSPS) is 17.5. The van der Waals surface area contributed by atoms with Crippen LogP contribution in [0.2, 0.25) is 0 Å². The molecule has 7 nitrogen and oxygen atoms in total. The van der Waals surface area contributed by atoms with Gasteiger partial charge in [0.15, 0.2) is 0 Å². The fourth-order valence-corrected chi connectivity index (χ4v) is 4.72. The molecule has 0 bridgehead atoms. The maximum Gasteiger partial charge on any atom is 0.313 e. The largest absolute Gasteiger partial charge is 0.374 e. The van der Waals surface area contributed by atoms with Gasteiger partial charge in [0.2, 0.25) is 0 Å². The molecule has 2 aromatic rings. The van der Waals surface area contributed by atoms with E-state index in [9.17, 15) is 9.59 Å². The standard InChI is InChI=1S/C26H35N5O2/c1-18-6-5-7-22(19(18)2)28-26(33)25(32)27-17-24(31-14-12-29(3)13-15-31)20-8-9-23-21(16-20)10-11-30(23)4/h5-9,16,24H,10-15,17H2,1-4H3,(H,27,32)(H,28,33)/t24-/m1/s1. The molecule has 176 valence electrons. The van der Waals surface area contributed by atoms with Gasteiger partial charge in [-0.2, -0.15) is 0 Å². The number of hydrogen-bond donors (Lipinski definition) is 2. The SMILES string of the molecule is Cc1cccc(NC(=O)C(=O)NC[C@H](c2ccc3c(c2)CCN3C)N2CCN(C)CC2)c1C. The van der Waals surface area contributed by atoms with Crippen LogP contribution >= 0.6 is 0 Å². The maximum atomic E-state index is 12.7. The maximum absolute atomic E-state index is 12.7. The van der Waals surface area contributed by atoms with E-state index in [1.54, 1.807) is 0 Å². The number of anilines is 2. The van der Waals surface area contributed by atoms with Gasteiger partial charge in [-0.15, -0.1) is 0 Å². The molecule has 0 unspecified atom stereocenters. The first kappa shape index (κ1) is 23.3. The van der Waals surface area contributed by atoms with E-state index < -0.39 is 11.8 Å². The monoisotopic (exact) mass is 449 g/mol. The molecule has 0 radical (unpaired) electrons. The number of carbonyl (C=O) groups excluding carboxylic acids is 2. The Kier molecular flexibility index (Phi) is 7.00. The molecule has 7 heteroatoms. The van der Waals surface area contributed by atoms with Crippen LogP contribution in [0.15, 0.2) is 36.4 Å². The van der Waals surface area contributed by atoms with Gasteiger partial charge in [0.05, 0.1) is 6.04 Å². The number of rotatable bonds is 5. The summed E-state index contributed by atoms with van der Waals surface area (Å²) in [5, 5.41) is 5.67. The molecule has 2 heterocycles. The summed E-state index contributed by atoms with van der Waals surface area (Å²) in [4.78, 5) is 32.3. The van der Waals surface area contributed by atoms with Gasteiger partial charge in [0, 0.05) is 57.7 Å². The number of piperazine rings is 1. The second kappa shape index (κ2) is 9.93. The highest BCUT2D eigenvalue weighted by molar-refractivity contribution is 6.39. The van der Waals surface area contributed by atoms with Crippen LogP contribution in [0.4, 0.5) is 11.4 Å². The number of likely N-dealkylation sites (N-methyl/N-ethyl adjacent to an activating group) is 2. The minimum Gasteiger partial charge on any atom is -0.374 e. The van der Waals surface area contributed by atoms with Crippen molar-refractivity contribution in [2.75, 3.05) is 63.6 Å². The number of benzene rings is 2. The average Bonchev–Trinajstić information content (AvgIpc) is 3.18. The molecule has 1 atom stereocenters. The van der Waals surface area contributed by atoms with Gasteiger partial charge < -0.3 is 20.4 Å². The first-order valence-corrected chi connectivity index (χ1v) is 11.8. The van der Waals surface area contributed by atoms with E-state index >= 15 is 0 Å². The van der Waals surface area contributed by atoms with Gasteiger partial charge in [0.1, 0.15) is 0 Å². The topological polar surface area (TPSA) is 67.9 Å². The predicted octanol–water partition coefficient (Wildman–Crippen LogP) is 2.34. The molecule has 1 saturated heterocycles. The number of fused-ring (bicyclic) bond motifs is 1. The lowest BCUT2D eigenvalue weighted by atomic mass is 10.00. The summed E-state index contributed by atoms with van der Waals surface area (Å²) in [6.07, 6.45) is 1.04. The van der Waals surface area contributed by atoms with E-state index in [1.165, 1.54) is 16.8 Å². The van der Waals surface area contributed by atoms with Crippen molar-refractivity contribution in [3.63, 3.8) is 0 Å². The molecule has 0 saturated carbocycles. The predicted molar refractivity (Wildman–Crippen MR) is 133 cm³/mol. The Morgan fingerprint density at radius 3 is 2.48 bits per heavy atom. The fraction of sp³-hybridized carbons (Fsp3) is 0.462. The van der Waals surface area contributed by atoms with Crippen LogP contribution in [0.3, 0.4) is 0 Å². The van der Waals surface area contributed by atoms with E-state index in [2.05, 4.69) is 57.6 Å². The van der Waals surface area contributed by atoms with Crippen LogP contribution in [-0.4, -0.2) is 75.0 Å². The summed E-state index contributed by atoms with van der Waals surface area (Å²) in [5.41, 5.74) is 6.56. The van der Waals surface area contributed by atoms with E-state index in [0.29, 0.717) is 12.2 Å². The van der Waals surface area contributed by atoms with Gasteiger partial charge in [-0.3, -0.25) is 14.5 Å². The summed E-state index contributed by atoms with van der Waals surface area (Å²) in [6.45, 7) is 9.21. The molecule has 2 amide bonds. The lowest BCUT2D eigenvalue weighted by Crippen LogP contribution is -2.49. The Bertz CT molecular complexity index is 1030. The van der Waals surface area contributed by atoms with E-state index in [1.807, 2.05) is 32.0 Å². The third kappa shape index (κ3) is 5.20. The zero-order valence-electron chi connectivity index (χ0n) is 20.1. The van der Waals surface area contributed by atoms with Crippen molar-refractivity contribution in [1.29, 1.82) is 0 Å². The van der Waals surface area contributed by atoms with Crippen LogP contribution in [0.25, 0.3) is 0 Å². The van der Waals surface area contributed by atoms with Gasteiger partial charge in [-0.25, -0.2) is 0 Å². The third-order valence-corrected chi connectivity index (χ3v) is 7.11. The summed E-state index contributed by atoms with van der Waals surface area (Å²) >= 11 is 0. The number of hydrogen-bond acceptors (Lipinski definition) is 5. The smallest absolute Gasteiger partial charge is 0.313 e. The van der Waals surface area contributed by atoms with Crippen molar-refractivity contribution >= 4 is 23.2 Å². The van der Waals surface area contributed by atoms with Crippen molar-refractivity contribution < 1.29 is 9.59 Å². The van der Waals surface area contributed by atoms with Crippen LogP contribution in [0, 0.1) is 13.8 Å². The van der Waals surface area contributed by atoms with Crippen LogP contribution in [-0.2, 0) is 16.0 Å². The number of nitrogens with zero attached hydrogens (tertiary/aromatic N) is 3. The second-order valence-electron chi connectivity index (χ2n) is 9.33. The van der Waals surface area contributed by atoms with Crippen LogP contribution in [0.1, 0.15) is 28.3 Å². The van der Waals surface area contributed by atoms with Gasteiger partial charge in [0.25, 0.3) is 0 Å². The number of nitrogens with one attached hydrogen (secondary N) is 2. The van der Waals surface area contributed by atoms with Gasteiger partial charge in [-0.1, -0.05) is 24.3 Å². The Labute approximate surface area is 196 Å². The zero-order chi connectivity index (χ0) is 23.5. The molecule has 1 fully saturated rings. The molecule has 2 aliphatic rings. The molecule has 0 aliphatic carbocycles. The second-order valence-corrected chi connectivity index (χ2v) is 9.33. The molecular weight excluding hydrogens is 414 g/mol. The highest BCUT2D eigenvalue weighted by Gasteiger charge is 2.27. The molecule has 33 heavy (non-hydrogen) atoms. The zero-order valence-corrected chi connectivity index (χ0v) is 20.1. The van der Waals surface area contributed by atoms with Crippen molar-refractivity contribution in [1.82, 2.24) is 15.1 Å². The molecule has 4 rings (SSSR count). The van der Waals surface area contributed by atoms with E-state index in [-0.39, 0.29) is 6.04 Å². The Morgan fingerprint density at radius 1 is 0.970 bits per heavy atom. The van der Waals surface area contributed by atoms with E-state index in [4.69, 9.17) is 0 Å². The summed E-state index contributed by atoms with van der Waals surface area (Å²) in [7, 11) is 4.26.